The highest BCUT2D eigenvalue weighted by Crippen LogP contribution is 2.12. The van der Waals surface area contributed by atoms with Crippen molar-refractivity contribution in [2.45, 2.75) is 46.1 Å². The average molecular weight is 306 g/mol. The third-order valence-corrected chi connectivity index (χ3v) is 3.23. The number of rotatable bonds is 9. The van der Waals surface area contributed by atoms with E-state index in [2.05, 4.69) is 22.5 Å². The maximum atomic E-state index is 10.6. The van der Waals surface area contributed by atoms with Gasteiger partial charge >= 0.3 is 0 Å². The molecule has 0 aliphatic rings. The second-order valence-corrected chi connectivity index (χ2v) is 5.11. The third-order valence-electron chi connectivity index (χ3n) is 3.23. The van der Waals surface area contributed by atoms with Crippen LogP contribution in [0.25, 0.3) is 0 Å². The van der Waals surface area contributed by atoms with E-state index in [-0.39, 0.29) is 5.69 Å². The lowest BCUT2D eigenvalue weighted by Crippen LogP contribution is -2.37. The lowest BCUT2D eigenvalue weighted by Gasteiger charge is -2.11. The van der Waals surface area contributed by atoms with E-state index in [9.17, 15) is 10.1 Å². The van der Waals surface area contributed by atoms with Gasteiger partial charge in [-0.1, -0.05) is 38.3 Å². The number of aliphatic imine (C=N–C) groups is 1. The number of nitrogens with one attached hydrogen (secondary N) is 2. The molecular weight excluding hydrogens is 280 g/mol. The summed E-state index contributed by atoms with van der Waals surface area (Å²) in [7, 11) is 0. The molecule has 0 bridgehead atoms. The molecule has 1 aromatic rings. The van der Waals surface area contributed by atoms with Crippen LogP contribution in [0.1, 0.15) is 45.1 Å². The van der Waals surface area contributed by atoms with Crippen LogP contribution in [-0.2, 0) is 6.54 Å². The van der Waals surface area contributed by atoms with Crippen molar-refractivity contribution in [3.8, 4) is 0 Å². The van der Waals surface area contributed by atoms with E-state index in [1.807, 2.05) is 6.92 Å². The summed E-state index contributed by atoms with van der Waals surface area (Å²) in [5, 5.41) is 17.1. The Morgan fingerprint density at radius 2 is 1.86 bits per heavy atom. The minimum Gasteiger partial charge on any atom is -0.357 e. The van der Waals surface area contributed by atoms with Gasteiger partial charge in [-0.2, -0.15) is 0 Å². The molecule has 0 saturated carbocycles. The monoisotopic (exact) mass is 306 g/mol. The van der Waals surface area contributed by atoms with Crippen molar-refractivity contribution in [1.82, 2.24) is 10.6 Å². The molecule has 0 amide bonds. The topological polar surface area (TPSA) is 79.6 Å². The van der Waals surface area contributed by atoms with Crippen LogP contribution in [0.2, 0.25) is 0 Å². The number of unbranched alkanes of at least 4 members (excludes halogenated alkanes) is 3. The summed E-state index contributed by atoms with van der Waals surface area (Å²) in [6.07, 6.45) is 4.85. The Bertz CT molecular complexity index is 472. The Labute approximate surface area is 132 Å². The molecular formula is C16H26N4O2. The summed E-state index contributed by atoms with van der Waals surface area (Å²) >= 11 is 0. The second kappa shape index (κ2) is 10.6. The SMILES string of the molecule is CCCCCCNC(=NCc1ccc([N+](=O)[O-])cc1)NCC. The van der Waals surface area contributed by atoms with Crippen molar-refractivity contribution in [2.24, 2.45) is 4.99 Å². The fraction of sp³-hybridized carbons (Fsp3) is 0.562. The molecule has 0 fully saturated rings. The fourth-order valence-electron chi connectivity index (χ4n) is 1.99. The van der Waals surface area contributed by atoms with Gasteiger partial charge in [0.05, 0.1) is 11.5 Å². The summed E-state index contributed by atoms with van der Waals surface area (Å²) in [6.45, 7) is 6.44. The number of nitro benzene ring substituents is 1. The highest BCUT2D eigenvalue weighted by molar-refractivity contribution is 5.79. The van der Waals surface area contributed by atoms with Gasteiger partial charge in [0.15, 0.2) is 5.96 Å². The summed E-state index contributed by atoms with van der Waals surface area (Å²) in [5.74, 6) is 0.789. The van der Waals surface area contributed by atoms with E-state index in [0.29, 0.717) is 6.54 Å². The predicted molar refractivity (Wildman–Crippen MR) is 90.1 cm³/mol. The maximum absolute atomic E-state index is 10.6. The summed E-state index contributed by atoms with van der Waals surface area (Å²) in [5.41, 5.74) is 1.06. The van der Waals surface area contributed by atoms with E-state index in [4.69, 9.17) is 0 Å². The zero-order valence-electron chi connectivity index (χ0n) is 13.5. The molecule has 6 heteroatoms. The molecule has 1 aromatic carbocycles. The molecule has 0 spiro atoms. The number of benzene rings is 1. The Hall–Kier alpha value is -2.11. The number of nitro groups is 1. The molecule has 0 saturated heterocycles. The van der Waals surface area contributed by atoms with Crippen molar-refractivity contribution >= 4 is 11.6 Å². The third kappa shape index (κ3) is 7.06. The lowest BCUT2D eigenvalue weighted by molar-refractivity contribution is -0.384. The van der Waals surface area contributed by atoms with Gasteiger partial charge in [0.2, 0.25) is 0 Å². The van der Waals surface area contributed by atoms with Crippen LogP contribution in [0.15, 0.2) is 29.3 Å². The standard InChI is InChI=1S/C16H26N4O2/c1-3-5-6-7-12-18-16(17-4-2)19-13-14-8-10-15(11-9-14)20(21)22/h8-11H,3-7,12-13H2,1-2H3,(H2,17,18,19). The smallest absolute Gasteiger partial charge is 0.269 e. The van der Waals surface area contributed by atoms with Crippen molar-refractivity contribution in [2.75, 3.05) is 13.1 Å². The zero-order valence-corrected chi connectivity index (χ0v) is 13.5. The summed E-state index contributed by atoms with van der Waals surface area (Å²) < 4.78 is 0. The first-order valence-electron chi connectivity index (χ1n) is 7.92. The quantitative estimate of drug-likeness (QED) is 0.241. The van der Waals surface area contributed by atoms with Crippen molar-refractivity contribution in [3.05, 3.63) is 39.9 Å². The Kier molecular flexibility index (Phi) is 8.64. The molecule has 0 radical (unpaired) electrons. The molecule has 0 aliphatic carbocycles. The minimum absolute atomic E-state index is 0.105. The molecule has 1 rings (SSSR count). The second-order valence-electron chi connectivity index (χ2n) is 5.11. The predicted octanol–water partition coefficient (Wildman–Crippen LogP) is 3.23. The van der Waals surface area contributed by atoms with Crippen LogP contribution in [0, 0.1) is 10.1 Å². The maximum Gasteiger partial charge on any atom is 0.269 e. The zero-order chi connectivity index (χ0) is 16.2. The Morgan fingerprint density at radius 3 is 2.45 bits per heavy atom. The van der Waals surface area contributed by atoms with Crippen molar-refractivity contribution < 1.29 is 4.92 Å². The average Bonchev–Trinajstić information content (AvgIpc) is 2.52. The normalized spacial score (nSPS) is 11.3. The van der Waals surface area contributed by atoms with Crippen LogP contribution in [0.5, 0.6) is 0 Å². The highest BCUT2D eigenvalue weighted by Gasteiger charge is 2.03. The van der Waals surface area contributed by atoms with Gasteiger partial charge in [-0.25, -0.2) is 4.99 Å². The van der Waals surface area contributed by atoms with Gasteiger partial charge in [-0.15, -0.1) is 0 Å². The van der Waals surface area contributed by atoms with Gasteiger partial charge < -0.3 is 10.6 Å². The molecule has 0 heterocycles. The number of non-ortho nitro benzene ring substituents is 1. The molecule has 0 atom stereocenters. The highest BCUT2D eigenvalue weighted by atomic mass is 16.6. The Balaban J connectivity index is 2.48. The van der Waals surface area contributed by atoms with Gasteiger partial charge in [-0.05, 0) is 18.9 Å². The first-order valence-corrected chi connectivity index (χ1v) is 7.92. The molecule has 0 aromatic heterocycles. The molecule has 122 valence electrons. The minimum atomic E-state index is -0.394. The fourth-order valence-corrected chi connectivity index (χ4v) is 1.99. The molecule has 6 nitrogen and oxygen atoms in total. The lowest BCUT2D eigenvalue weighted by atomic mass is 10.2. The molecule has 0 unspecified atom stereocenters. The van der Waals surface area contributed by atoms with Crippen LogP contribution >= 0.6 is 0 Å². The van der Waals surface area contributed by atoms with Gasteiger partial charge in [0, 0.05) is 25.2 Å². The van der Waals surface area contributed by atoms with E-state index in [0.717, 1.165) is 31.0 Å². The van der Waals surface area contributed by atoms with Crippen molar-refractivity contribution in [1.29, 1.82) is 0 Å². The number of hydrogen-bond donors (Lipinski definition) is 2. The largest absolute Gasteiger partial charge is 0.357 e. The van der Waals surface area contributed by atoms with Crippen LogP contribution in [0.3, 0.4) is 0 Å². The van der Waals surface area contributed by atoms with E-state index in [1.165, 1.54) is 31.4 Å². The summed E-state index contributed by atoms with van der Waals surface area (Å²) in [6, 6.07) is 6.50. The van der Waals surface area contributed by atoms with Crippen molar-refractivity contribution in [3.63, 3.8) is 0 Å². The summed E-state index contributed by atoms with van der Waals surface area (Å²) in [4.78, 5) is 14.7. The van der Waals surface area contributed by atoms with E-state index in [1.54, 1.807) is 12.1 Å². The number of guanidine groups is 1. The first-order chi connectivity index (χ1) is 10.7. The molecule has 0 aliphatic heterocycles. The first kappa shape index (κ1) is 17.9. The number of hydrogen-bond acceptors (Lipinski definition) is 3. The van der Waals surface area contributed by atoms with E-state index >= 15 is 0 Å². The van der Waals surface area contributed by atoms with Gasteiger partial charge in [-0.3, -0.25) is 10.1 Å². The van der Waals surface area contributed by atoms with Crippen LogP contribution in [0.4, 0.5) is 5.69 Å². The van der Waals surface area contributed by atoms with Crippen LogP contribution in [-0.4, -0.2) is 24.0 Å². The molecule has 22 heavy (non-hydrogen) atoms. The Morgan fingerprint density at radius 1 is 1.14 bits per heavy atom. The molecule has 2 N–H and O–H groups in total. The van der Waals surface area contributed by atoms with Gasteiger partial charge in [0.1, 0.15) is 0 Å². The number of nitrogens with zero attached hydrogens (tertiary/aromatic N) is 2. The van der Waals surface area contributed by atoms with Gasteiger partial charge in [0.25, 0.3) is 5.69 Å². The van der Waals surface area contributed by atoms with E-state index < -0.39 is 4.92 Å². The van der Waals surface area contributed by atoms with Crippen LogP contribution < -0.4 is 10.6 Å².